The van der Waals surface area contributed by atoms with Gasteiger partial charge in [-0.25, -0.2) is 4.79 Å². The summed E-state index contributed by atoms with van der Waals surface area (Å²) in [6.45, 7) is 10.4. The van der Waals surface area contributed by atoms with Gasteiger partial charge in [0.15, 0.2) is 0 Å². The highest BCUT2D eigenvalue weighted by Gasteiger charge is 2.21. The molecule has 1 fully saturated rings. The van der Waals surface area contributed by atoms with Gasteiger partial charge in [0.05, 0.1) is 18.7 Å². The first kappa shape index (κ1) is 19.6. The maximum absolute atomic E-state index is 12.3. The van der Waals surface area contributed by atoms with Gasteiger partial charge in [0.2, 0.25) is 0 Å². The SMILES string of the molecule is CC(NC(=O)NC(CO)CC(C)(C)C)c1cccc(N2CCCC2)c1. The number of benzene rings is 1. The molecule has 0 bridgehead atoms. The lowest BCUT2D eigenvalue weighted by Gasteiger charge is -2.26. The summed E-state index contributed by atoms with van der Waals surface area (Å²) in [5.41, 5.74) is 2.37. The molecular formula is C20H33N3O2. The normalized spacial score (nSPS) is 17.2. The van der Waals surface area contributed by atoms with Crippen LogP contribution in [0.1, 0.15) is 58.6 Å². The van der Waals surface area contributed by atoms with Gasteiger partial charge < -0.3 is 20.6 Å². The van der Waals surface area contributed by atoms with E-state index in [2.05, 4.69) is 54.5 Å². The van der Waals surface area contributed by atoms with Crippen LogP contribution in [0.5, 0.6) is 0 Å². The van der Waals surface area contributed by atoms with E-state index in [4.69, 9.17) is 0 Å². The van der Waals surface area contributed by atoms with Gasteiger partial charge in [-0.3, -0.25) is 0 Å². The molecule has 0 aromatic heterocycles. The van der Waals surface area contributed by atoms with Crippen molar-refractivity contribution in [3.8, 4) is 0 Å². The van der Waals surface area contributed by atoms with E-state index in [1.54, 1.807) is 0 Å². The molecule has 0 spiro atoms. The van der Waals surface area contributed by atoms with Crippen molar-refractivity contribution in [3.05, 3.63) is 29.8 Å². The number of nitrogens with one attached hydrogen (secondary N) is 2. The molecule has 1 aliphatic heterocycles. The molecule has 0 radical (unpaired) electrons. The van der Waals surface area contributed by atoms with Crippen molar-refractivity contribution < 1.29 is 9.90 Å². The Labute approximate surface area is 151 Å². The van der Waals surface area contributed by atoms with E-state index in [1.165, 1.54) is 18.5 Å². The number of hydrogen-bond donors (Lipinski definition) is 3. The first-order valence-electron chi connectivity index (χ1n) is 9.31. The van der Waals surface area contributed by atoms with E-state index in [0.717, 1.165) is 25.1 Å². The second kappa shape index (κ2) is 8.56. The quantitative estimate of drug-likeness (QED) is 0.738. The Balaban J connectivity index is 1.93. The van der Waals surface area contributed by atoms with Crippen molar-refractivity contribution in [2.75, 3.05) is 24.6 Å². The molecule has 1 saturated heterocycles. The molecule has 0 aliphatic carbocycles. The van der Waals surface area contributed by atoms with Gasteiger partial charge in [-0.15, -0.1) is 0 Å². The molecule has 1 aromatic carbocycles. The van der Waals surface area contributed by atoms with Crippen molar-refractivity contribution in [1.82, 2.24) is 10.6 Å². The molecule has 140 valence electrons. The van der Waals surface area contributed by atoms with E-state index in [0.29, 0.717) is 0 Å². The molecule has 2 rings (SSSR count). The molecule has 25 heavy (non-hydrogen) atoms. The van der Waals surface area contributed by atoms with Crippen molar-refractivity contribution in [2.24, 2.45) is 5.41 Å². The minimum atomic E-state index is -0.234. The third kappa shape index (κ3) is 6.24. The van der Waals surface area contributed by atoms with Gasteiger partial charge in [-0.2, -0.15) is 0 Å². The van der Waals surface area contributed by atoms with E-state index in [1.807, 2.05) is 13.0 Å². The van der Waals surface area contributed by atoms with E-state index >= 15 is 0 Å². The van der Waals surface area contributed by atoms with Crippen LogP contribution in [0.4, 0.5) is 10.5 Å². The molecule has 3 N–H and O–H groups in total. The Hall–Kier alpha value is -1.75. The van der Waals surface area contributed by atoms with E-state index in [-0.39, 0.29) is 30.1 Å². The van der Waals surface area contributed by atoms with E-state index < -0.39 is 0 Å². The number of rotatable bonds is 6. The Kier molecular flexibility index (Phi) is 6.71. The Morgan fingerprint density at radius 2 is 1.92 bits per heavy atom. The topological polar surface area (TPSA) is 64.6 Å². The number of carbonyl (C=O) groups is 1. The van der Waals surface area contributed by atoms with Crippen LogP contribution in [-0.2, 0) is 0 Å². The number of urea groups is 1. The Morgan fingerprint density at radius 1 is 1.24 bits per heavy atom. The molecular weight excluding hydrogens is 314 g/mol. The highest BCUT2D eigenvalue weighted by Crippen LogP contribution is 2.24. The molecule has 1 heterocycles. The number of nitrogens with zero attached hydrogens (tertiary/aromatic N) is 1. The minimum absolute atomic E-state index is 0.0519. The zero-order valence-electron chi connectivity index (χ0n) is 16.0. The summed E-state index contributed by atoms with van der Waals surface area (Å²) in [5, 5.41) is 15.4. The van der Waals surface area contributed by atoms with Gasteiger partial charge >= 0.3 is 6.03 Å². The average molecular weight is 348 g/mol. The van der Waals surface area contributed by atoms with Gasteiger partial charge in [0.1, 0.15) is 0 Å². The second-order valence-electron chi connectivity index (χ2n) is 8.27. The molecule has 2 unspecified atom stereocenters. The highest BCUT2D eigenvalue weighted by molar-refractivity contribution is 5.74. The lowest BCUT2D eigenvalue weighted by molar-refractivity contribution is 0.189. The number of carbonyl (C=O) groups excluding carboxylic acids is 1. The zero-order chi connectivity index (χ0) is 18.4. The predicted molar refractivity (Wildman–Crippen MR) is 103 cm³/mol. The zero-order valence-corrected chi connectivity index (χ0v) is 16.0. The highest BCUT2D eigenvalue weighted by atomic mass is 16.3. The molecule has 5 nitrogen and oxygen atoms in total. The van der Waals surface area contributed by atoms with Crippen LogP contribution in [0.2, 0.25) is 0 Å². The number of aliphatic hydroxyl groups excluding tert-OH is 1. The fraction of sp³-hybridized carbons (Fsp3) is 0.650. The van der Waals surface area contributed by atoms with Gasteiger partial charge in [-0.05, 0) is 49.3 Å². The average Bonchev–Trinajstić information content (AvgIpc) is 3.07. The van der Waals surface area contributed by atoms with E-state index in [9.17, 15) is 9.90 Å². The summed E-state index contributed by atoms with van der Waals surface area (Å²) in [7, 11) is 0. The standard InChI is InChI=1S/C20H33N3O2/c1-15(21-19(25)22-17(14-24)13-20(2,3)4)16-8-7-9-18(12-16)23-10-5-6-11-23/h7-9,12,15,17,24H,5-6,10-11,13-14H2,1-4H3,(H2,21,22,25). The summed E-state index contributed by atoms with van der Waals surface area (Å²) in [5.74, 6) is 0. The summed E-state index contributed by atoms with van der Waals surface area (Å²) >= 11 is 0. The largest absolute Gasteiger partial charge is 0.394 e. The predicted octanol–water partition coefficient (Wildman–Crippen LogP) is 3.44. The molecule has 5 heteroatoms. The Bertz CT molecular complexity index is 562. The summed E-state index contributed by atoms with van der Waals surface area (Å²) in [4.78, 5) is 14.7. The third-order valence-corrected chi connectivity index (χ3v) is 4.60. The monoisotopic (exact) mass is 347 g/mol. The van der Waals surface area contributed by atoms with Crippen molar-refractivity contribution in [3.63, 3.8) is 0 Å². The number of anilines is 1. The lowest BCUT2D eigenvalue weighted by atomic mass is 9.88. The molecule has 1 aliphatic rings. The van der Waals surface area contributed by atoms with Gasteiger partial charge in [0.25, 0.3) is 0 Å². The first-order valence-corrected chi connectivity index (χ1v) is 9.31. The number of amides is 2. The summed E-state index contributed by atoms with van der Waals surface area (Å²) < 4.78 is 0. The van der Waals surface area contributed by atoms with Crippen LogP contribution < -0.4 is 15.5 Å². The van der Waals surface area contributed by atoms with Crippen molar-refractivity contribution in [1.29, 1.82) is 0 Å². The van der Waals surface area contributed by atoms with Gasteiger partial charge in [0, 0.05) is 18.8 Å². The van der Waals surface area contributed by atoms with Crippen LogP contribution in [0.15, 0.2) is 24.3 Å². The second-order valence-corrected chi connectivity index (χ2v) is 8.27. The third-order valence-electron chi connectivity index (χ3n) is 4.60. The number of hydrogen-bond acceptors (Lipinski definition) is 3. The first-order chi connectivity index (χ1) is 11.8. The maximum Gasteiger partial charge on any atom is 0.315 e. The number of aliphatic hydroxyl groups is 1. The molecule has 1 aromatic rings. The maximum atomic E-state index is 12.3. The fourth-order valence-electron chi connectivity index (χ4n) is 3.37. The summed E-state index contributed by atoms with van der Waals surface area (Å²) in [6, 6.07) is 7.84. The molecule has 2 amide bonds. The van der Waals surface area contributed by atoms with Crippen LogP contribution >= 0.6 is 0 Å². The molecule has 2 atom stereocenters. The Morgan fingerprint density at radius 3 is 2.52 bits per heavy atom. The smallest absolute Gasteiger partial charge is 0.315 e. The lowest BCUT2D eigenvalue weighted by Crippen LogP contribution is -2.46. The summed E-state index contributed by atoms with van der Waals surface area (Å²) in [6.07, 6.45) is 3.23. The van der Waals surface area contributed by atoms with Crippen molar-refractivity contribution >= 4 is 11.7 Å². The minimum Gasteiger partial charge on any atom is -0.394 e. The fourth-order valence-corrected chi connectivity index (χ4v) is 3.37. The van der Waals surface area contributed by atoms with Crippen LogP contribution in [0.3, 0.4) is 0 Å². The van der Waals surface area contributed by atoms with Crippen molar-refractivity contribution in [2.45, 2.75) is 59.0 Å². The molecule has 0 saturated carbocycles. The van der Waals surface area contributed by atoms with Crippen LogP contribution in [-0.4, -0.2) is 36.9 Å². The van der Waals surface area contributed by atoms with Gasteiger partial charge in [-0.1, -0.05) is 32.9 Å². The van der Waals surface area contributed by atoms with Crippen LogP contribution in [0.25, 0.3) is 0 Å². The van der Waals surface area contributed by atoms with Crippen LogP contribution in [0, 0.1) is 5.41 Å².